The predicted molar refractivity (Wildman–Crippen MR) is 119 cm³/mol. The molecule has 31 heavy (non-hydrogen) atoms. The summed E-state index contributed by atoms with van der Waals surface area (Å²) in [5, 5.41) is 8.91. The molecule has 5 nitrogen and oxygen atoms in total. The molecular formula is C23H18F2INO4. The zero-order valence-corrected chi connectivity index (χ0v) is 18.4. The second-order valence-electron chi connectivity index (χ2n) is 6.84. The Morgan fingerprint density at radius 3 is 2.48 bits per heavy atom. The largest absolute Gasteiger partial charge is 0.456 e. The van der Waals surface area contributed by atoms with Gasteiger partial charge in [-0.2, -0.15) is 0 Å². The van der Waals surface area contributed by atoms with Crippen molar-refractivity contribution in [1.29, 1.82) is 0 Å². The number of carbonyl (C=O) groups excluding carboxylic acids is 2. The molecule has 0 radical (unpaired) electrons. The SMILES string of the molecule is NC(=O)c1c(Cc2ccc(I)cc2F)cc(F)cc1Oc1cccc(CC(=O)CO)c1. The van der Waals surface area contributed by atoms with Gasteiger partial charge in [-0.25, -0.2) is 8.78 Å². The van der Waals surface area contributed by atoms with E-state index in [0.717, 1.165) is 12.1 Å². The normalized spacial score (nSPS) is 10.7. The summed E-state index contributed by atoms with van der Waals surface area (Å²) in [6.07, 6.45) is -0.0585. The first-order chi connectivity index (χ1) is 14.8. The van der Waals surface area contributed by atoms with Gasteiger partial charge < -0.3 is 15.6 Å². The first-order valence-corrected chi connectivity index (χ1v) is 10.3. The fraction of sp³-hybridized carbons (Fsp3) is 0.130. The van der Waals surface area contributed by atoms with Crippen molar-refractivity contribution in [2.24, 2.45) is 5.73 Å². The van der Waals surface area contributed by atoms with E-state index in [1.165, 1.54) is 6.07 Å². The maximum atomic E-state index is 14.3. The van der Waals surface area contributed by atoms with Crippen LogP contribution in [0, 0.1) is 15.2 Å². The summed E-state index contributed by atoms with van der Waals surface area (Å²) in [5.74, 6) is -2.23. The van der Waals surface area contributed by atoms with Gasteiger partial charge >= 0.3 is 0 Å². The van der Waals surface area contributed by atoms with Gasteiger partial charge in [0.15, 0.2) is 5.78 Å². The number of ether oxygens (including phenoxy) is 1. The van der Waals surface area contributed by atoms with Gasteiger partial charge in [-0.3, -0.25) is 9.59 Å². The van der Waals surface area contributed by atoms with Crippen LogP contribution in [0.25, 0.3) is 0 Å². The Labute approximate surface area is 191 Å². The highest BCUT2D eigenvalue weighted by atomic mass is 127. The minimum absolute atomic E-state index is 0.00311. The van der Waals surface area contributed by atoms with Gasteiger partial charge in [0, 0.05) is 22.5 Å². The van der Waals surface area contributed by atoms with Crippen molar-refractivity contribution >= 4 is 34.3 Å². The van der Waals surface area contributed by atoms with Crippen molar-refractivity contribution in [2.45, 2.75) is 12.8 Å². The van der Waals surface area contributed by atoms with E-state index in [9.17, 15) is 18.4 Å². The third kappa shape index (κ3) is 5.86. The first kappa shape index (κ1) is 22.8. The van der Waals surface area contributed by atoms with E-state index in [4.69, 9.17) is 15.6 Å². The molecule has 0 saturated carbocycles. The van der Waals surface area contributed by atoms with E-state index in [0.29, 0.717) is 9.13 Å². The Hall–Kier alpha value is -2.85. The Morgan fingerprint density at radius 1 is 1.03 bits per heavy atom. The van der Waals surface area contributed by atoms with Gasteiger partial charge in [-0.05, 0) is 69.6 Å². The molecule has 3 aromatic carbocycles. The van der Waals surface area contributed by atoms with Crippen LogP contribution in [0.15, 0.2) is 54.6 Å². The summed E-state index contributed by atoms with van der Waals surface area (Å²) in [5.41, 5.74) is 6.53. The van der Waals surface area contributed by atoms with Crippen LogP contribution in [0.5, 0.6) is 11.5 Å². The van der Waals surface area contributed by atoms with Gasteiger partial charge in [0.05, 0.1) is 5.56 Å². The number of rotatable bonds is 8. The van der Waals surface area contributed by atoms with Gasteiger partial charge in [0.1, 0.15) is 29.7 Å². The van der Waals surface area contributed by atoms with E-state index in [1.807, 2.05) is 22.6 Å². The van der Waals surface area contributed by atoms with Crippen LogP contribution in [-0.2, 0) is 17.6 Å². The third-order valence-electron chi connectivity index (χ3n) is 4.49. The van der Waals surface area contributed by atoms with E-state index in [1.54, 1.807) is 36.4 Å². The molecule has 0 aliphatic heterocycles. The highest BCUT2D eigenvalue weighted by Crippen LogP contribution is 2.31. The lowest BCUT2D eigenvalue weighted by Crippen LogP contribution is -2.16. The Kier molecular flexibility index (Phi) is 7.34. The Bertz CT molecular complexity index is 1150. The maximum Gasteiger partial charge on any atom is 0.252 e. The highest BCUT2D eigenvalue weighted by molar-refractivity contribution is 14.1. The minimum Gasteiger partial charge on any atom is -0.456 e. The zero-order valence-electron chi connectivity index (χ0n) is 16.2. The molecule has 0 bridgehead atoms. The first-order valence-electron chi connectivity index (χ1n) is 9.22. The maximum absolute atomic E-state index is 14.3. The number of hydrogen-bond donors (Lipinski definition) is 2. The number of ketones is 1. The van der Waals surface area contributed by atoms with Crippen LogP contribution in [0.3, 0.4) is 0 Å². The average molecular weight is 537 g/mol. The molecule has 0 fully saturated rings. The second-order valence-corrected chi connectivity index (χ2v) is 8.08. The van der Waals surface area contributed by atoms with Crippen LogP contribution < -0.4 is 10.5 Å². The number of primary amides is 1. The molecule has 3 rings (SSSR count). The molecule has 0 unspecified atom stereocenters. The number of aliphatic hydroxyl groups is 1. The van der Waals surface area contributed by atoms with Crippen molar-refractivity contribution < 1.29 is 28.2 Å². The molecule has 0 aliphatic carbocycles. The quantitative estimate of drug-likeness (QED) is 0.423. The number of benzene rings is 3. The van der Waals surface area contributed by atoms with Gasteiger partial charge in [-0.1, -0.05) is 18.2 Å². The number of halogens is 3. The predicted octanol–water partition coefficient (Wildman–Crippen LogP) is 4.16. The lowest BCUT2D eigenvalue weighted by molar-refractivity contribution is -0.121. The van der Waals surface area contributed by atoms with E-state index >= 15 is 0 Å². The standard InChI is InChI=1S/C23H18F2INO4/c24-16-9-15(8-14-4-5-17(26)11-20(14)25)22(23(27)30)21(10-16)31-19-3-1-2-13(7-19)6-18(29)12-28/h1-5,7,9-11,28H,6,8,12H2,(H2,27,30). The van der Waals surface area contributed by atoms with Crippen LogP contribution in [0.4, 0.5) is 8.78 Å². The molecule has 3 N–H and O–H groups in total. The van der Waals surface area contributed by atoms with Gasteiger partial charge in [0.2, 0.25) is 0 Å². The van der Waals surface area contributed by atoms with Crippen molar-refractivity contribution in [1.82, 2.24) is 0 Å². The Balaban J connectivity index is 1.98. The fourth-order valence-corrected chi connectivity index (χ4v) is 3.59. The van der Waals surface area contributed by atoms with Crippen LogP contribution in [-0.4, -0.2) is 23.4 Å². The molecule has 0 heterocycles. The number of aliphatic hydroxyl groups excluding tert-OH is 1. The second kappa shape index (κ2) is 9.97. The van der Waals surface area contributed by atoms with Crippen LogP contribution >= 0.6 is 22.6 Å². The minimum atomic E-state index is -0.845. The number of Topliss-reactive ketones (excluding diaryl/α,β-unsaturated/α-hetero) is 1. The number of nitrogens with two attached hydrogens (primary N) is 1. The number of carbonyl (C=O) groups is 2. The van der Waals surface area contributed by atoms with Crippen molar-refractivity contribution in [2.75, 3.05) is 6.61 Å². The summed E-state index contributed by atoms with van der Waals surface area (Å²) in [6, 6.07) is 13.2. The summed E-state index contributed by atoms with van der Waals surface area (Å²) in [6.45, 7) is -0.584. The monoisotopic (exact) mass is 537 g/mol. The van der Waals surface area contributed by atoms with E-state index in [2.05, 4.69) is 0 Å². The molecule has 1 amide bonds. The summed E-state index contributed by atoms with van der Waals surface area (Å²) in [4.78, 5) is 23.6. The van der Waals surface area contributed by atoms with Crippen molar-refractivity contribution in [3.05, 3.63) is 92.1 Å². The smallest absolute Gasteiger partial charge is 0.252 e. The van der Waals surface area contributed by atoms with E-state index in [-0.39, 0.29) is 46.8 Å². The van der Waals surface area contributed by atoms with Gasteiger partial charge in [-0.15, -0.1) is 0 Å². The summed E-state index contributed by atoms with van der Waals surface area (Å²) in [7, 11) is 0. The molecular weight excluding hydrogens is 519 g/mol. The van der Waals surface area contributed by atoms with E-state index < -0.39 is 24.1 Å². The van der Waals surface area contributed by atoms with Crippen molar-refractivity contribution in [3.63, 3.8) is 0 Å². The van der Waals surface area contributed by atoms with Crippen LogP contribution in [0.1, 0.15) is 27.0 Å². The highest BCUT2D eigenvalue weighted by Gasteiger charge is 2.20. The summed E-state index contributed by atoms with van der Waals surface area (Å²) < 4.78 is 35.1. The number of amides is 1. The van der Waals surface area contributed by atoms with Gasteiger partial charge in [0.25, 0.3) is 5.91 Å². The molecule has 160 valence electrons. The zero-order chi connectivity index (χ0) is 22.5. The molecule has 0 aromatic heterocycles. The lowest BCUT2D eigenvalue weighted by Gasteiger charge is -2.15. The average Bonchev–Trinajstić information content (AvgIpc) is 2.69. The third-order valence-corrected chi connectivity index (χ3v) is 5.17. The number of hydrogen-bond acceptors (Lipinski definition) is 4. The molecule has 3 aromatic rings. The lowest BCUT2D eigenvalue weighted by atomic mass is 9.98. The molecule has 0 aliphatic rings. The van der Waals surface area contributed by atoms with Crippen LogP contribution in [0.2, 0.25) is 0 Å². The topological polar surface area (TPSA) is 89.6 Å². The molecule has 0 atom stereocenters. The Morgan fingerprint density at radius 2 is 1.81 bits per heavy atom. The molecule has 8 heteroatoms. The molecule has 0 saturated heterocycles. The summed E-state index contributed by atoms with van der Waals surface area (Å²) >= 11 is 1.98. The molecule has 0 spiro atoms. The van der Waals surface area contributed by atoms with Crippen molar-refractivity contribution in [3.8, 4) is 11.5 Å². The fourth-order valence-electron chi connectivity index (χ4n) is 3.14.